The van der Waals surface area contributed by atoms with E-state index in [-0.39, 0.29) is 24.2 Å². The van der Waals surface area contributed by atoms with Gasteiger partial charge in [0.1, 0.15) is 0 Å². The zero-order valence-electron chi connectivity index (χ0n) is 15.6. The second kappa shape index (κ2) is 8.77. The van der Waals surface area contributed by atoms with Crippen LogP contribution in [0.3, 0.4) is 0 Å². The first-order valence-corrected chi connectivity index (χ1v) is 9.39. The quantitative estimate of drug-likeness (QED) is 0.628. The van der Waals surface area contributed by atoms with Gasteiger partial charge in [-0.3, -0.25) is 9.59 Å². The lowest BCUT2D eigenvalue weighted by atomic mass is 9.87. The number of halogens is 2. The topological polar surface area (TPSA) is 66.4 Å². The van der Waals surface area contributed by atoms with Crippen molar-refractivity contribution in [3.63, 3.8) is 0 Å². The van der Waals surface area contributed by atoms with Crippen LogP contribution in [0, 0.1) is 0 Å². The maximum atomic E-state index is 12.5. The van der Waals surface area contributed by atoms with E-state index in [1.54, 1.807) is 18.2 Å². The van der Waals surface area contributed by atoms with Crippen molar-refractivity contribution in [1.82, 2.24) is 0 Å². The van der Waals surface area contributed by atoms with Crippen molar-refractivity contribution in [2.24, 2.45) is 0 Å². The molecule has 0 aromatic heterocycles. The highest BCUT2D eigenvalue weighted by molar-refractivity contribution is 6.35. The lowest BCUT2D eigenvalue weighted by Gasteiger charge is -2.20. The van der Waals surface area contributed by atoms with E-state index < -0.39 is 11.9 Å². The monoisotopic (exact) mass is 407 g/mol. The number of hydrogen-bond donors (Lipinski definition) is 2. The summed E-state index contributed by atoms with van der Waals surface area (Å²) in [7, 11) is 0. The van der Waals surface area contributed by atoms with E-state index in [9.17, 15) is 14.7 Å². The van der Waals surface area contributed by atoms with Gasteiger partial charge in [0, 0.05) is 28.1 Å². The molecule has 27 heavy (non-hydrogen) atoms. The summed E-state index contributed by atoms with van der Waals surface area (Å²) in [5.41, 5.74) is 2.46. The Morgan fingerprint density at radius 1 is 1.04 bits per heavy atom. The fraction of sp³-hybridized carbons (Fsp3) is 0.333. The van der Waals surface area contributed by atoms with Gasteiger partial charge in [-0.2, -0.15) is 0 Å². The molecule has 144 valence electrons. The number of amides is 1. The van der Waals surface area contributed by atoms with Crippen LogP contribution in [0.2, 0.25) is 10.0 Å². The molecular weight excluding hydrogens is 385 g/mol. The van der Waals surface area contributed by atoms with Crippen molar-refractivity contribution in [2.45, 2.75) is 44.9 Å². The highest BCUT2D eigenvalue weighted by Gasteiger charge is 2.22. The van der Waals surface area contributed by atoms with Gasteiger partial charge in [-0.1, -0.05) is 62.2 Å². The second-order valence-corrected chi connectivity index (χ2v) is 8.38. The Morgan fingerprint density at radius 2 is 1.67 bits per heavy atom. The fourth-order valence-corrected chi connectivity index (χ4v) is 3.39. The number of hydrogen-bond acceptors (Lipinski definition) is 2. The molecule has 0 spiro atoms. The van der Waals surface area contributed by atoms with Gasteiger partial charge in [0.25, 0.3) is 0 Å². The molecule has 0 bridgehead atoms. The standard InChI is InChI=1S/C21H23Cl2NO3/c1-21(2,3)14-4-7-16(8-5-14)24-19(25)10-13(11-20(26)27)17-9-6-15(22)12-18(17)23/h4-9,12-13H,10-11H2,1-3H3,(H,24,25)(H,26,27). The van der Waals surface area contributed by atoms with Crippen LogP contribution in [-0.2, 0) is 15.0 Å². The number of carboxylic acids is 1. The van der Waals surface area contributed by atoms with E-state index in [1.165, 1.54) is 0 Å². The summed E-state index contributed by atoms with van der Waals surface area (Å²) in [5, 5.41) is 12.8. The number of carbonyl (C=O) groups is 2. The molecule has 0 heterocycles. The lowest BCUT2D eigenvalue weighted by Crippen LogP contribution is -2.18. The Morgan fingerprint density at radius 3 is 2.19 bits per heavy atom. The van der Waals surface area contributed by atoms with E-state index in [0.29, 0.717) is 21.3 Å². The Kier molecular flexibility index (Phi) is 6.90. The molecule has 0 saturated heterocycles. The zero-order chi connectivity index (χ0) is 20.2. The molecule has 0 saturated carbocycles. The summed E-state index contributed by atoms with van der Waals surface area (Å²) < 4.78 is 0. The normalized spacial score (nSPS) is 12.5. The molecule has 1 unspecified atom stereocenters. The molecule has 0 aliphatic heterocycles. The molecule has 1 atom stereocenters. The molecule has 2 rings (SSSR count). The molecule has 6 heteroatoms. The van der Waals surface area contributed by atoms with Gasteiger partial charge in [0.15, 0.2) is 0 Å². The number of carboxylic acid groups (broad SMARTS) is 1. The molecule has 0 aliphatic carbocycles. The molecule has 0 aliphatic rings. The predicted octanol–water partition coefficient (Wildman–Crippen LogP) is 5.88. The first-order chi connectivity index (χ1) is 12.6. The number of nitrogens with one attached hydrogen (secondary N) is 1. The lowest BCUT2D eigenvalue weighted by molar-refractivity contribution is -0.137. The van der Waals surface area contributed by atoms with E-state index in [2.05, 4.69) is 26.1 Å². The third kappa shape index (κ3) is 6.26. The highest BCUT2D eigenvalue weighted by atomic mass is 35.5. The number of benzene rings is 2. The highest BCUT2D eigenvalue weighted by Crippen LogP contribution is 2.32. The van der Waals surface area contributed by atoms with Crippen molar-refractivity contribution in [3.05, 3.63) is 63.6 Å². The van der Waals surface area contributed by atoms with Gasteiger partial charge in [0.2, 0.25) is 5.91 Å². The summed E-state index contributed by atoms with van der Waals surface area (Å²) in [6.45, 7) is 6.35. The van der Waals surface area contributed by atoms with Crippen molar-refractivity contribution < 1.29 is 14.7 Å². The van der Waals surface area contributed by atoms with E-state index in [1.807, 2.05) is 24.3 Å². The third-order valence-electron chi connectivity index (χ3n) is 4.29. The number of aliphatic carboxylic acids is 1. The molecular formula is C21H23Cl2NO3. The SMILES string of the molecule is CC(C)(C)c1ccc(NC(=O)CC(CC(=O)O)c2ccc(Cl)cc2Cl)cc1. The van der Waals surface area contributed by atoms with Gasteiger partial charge in [-0.15, -0.1) is 0 Å². The van der Waals surface area contributed by atoms with Crippen LogP contribution < -0.4 is 5.32 Å². The van der Waals surface area contributed by atoms with Crippen LogP contribution in [0.4, 0.5) is 5.69 Å². The molecule has 2 aromatic rings. The molecule has 0 radical (unpaired) electrons. The van der Waals surface area contributed by atoms with Gasteiger partial charge >= 0.3 is 5.97 Å². The minimum absolute atomic E-state index is 0.00861. The van der Waals surface area contributed by atoms with Gasteiger partial charge in [0.05, 0.1) is 6.42 Å². The number of carbonyl (C=O) groups excluding carboxylic acids is 1. The number of rotatable bonds is 6. The maximum Gasteiger partial charge on any atom is 0.303 e. The molecule has 1 amide bonds. The van der Waals surface area contributed by atoms with E-state index >= 15 is 0 Å². The average molecular weight is 408 g/mol. The summed E-state index contributed by atoms with van der Waals surface area (Å²) in [4.78, 5) is 23.7. The summed E-state index contributed by atoms with van der Waals surface area (Å²) >= 11 is 12.1. The third-order valence-corrected chi connectivity index (χ3v) is 4.85. The molecule has 2 N–H and O–H groups in total. The van der Waals surface area contributed by atoms with Crippen LogP contribution in [-0.4, -0.2) is 17.0 Å². The van der Waals surface area contributed by atoms with Crippen LogP contribution in [0.1, 0.15) is 50.7 Å². The zero-order valence-corrected chi connectivity index (χ0v) is 17.1. The fourth-order valence-electron chi connectivity index (χ4n) is 2.82. The summed E-state index contributed by atoms with van der Waals surface area (Å²) in [5.74, 6) is -1.80. The molecule has 2 aromatic carbocycles. The van der Waals surface area contributed by atoms with Gasteiger partial charge < -0.3 is 10.4 Å². The Labute approximate surface area is 169 Å². The summed E-state index contributed by atoms with van der Waals surface area (Å²) in [6.07, 6.45) is -0.188. The maximum absolute atomic E-state index is 12.5. The Bertz CT molecular complexity index is 826. The van der Waals surface area contributed by atoms with Crippen molar-refractivity contribution in [3.8, 4) is 0 Å². The summed E-state index contributed by atoms with van der Waals surface area (Å²) in [6, 6.07) is 12.5. The first kappa shape index (κ1) is 21.3. The minimum Gasteiger partial charge on any atom is -0.481 e. The number of anilines is 1. The van der Waals surface area contributed by atoms with Crippen LogP contribution in [0.15, 0.2) is 42.5 Å². The first-order valence-electron chi connectivity index (χ1n) is 8.63. The van der Waals surface area contributed by atoms with Gasteiger partial charge in [-0.05, 0) is 40.8 Å². The van der Waals surface area contributed by atoms with Gasteiger partial charge in [-0.25, -0.2) is 0 Å². The van der Waals surface area contributed by atoms with Crippen LogP contribution in [0.25, 0.3) is 0 Å². The molecule has 0 fully saturated rings. The van der Waals surface area contributed by atoms with Crippen molar-refractivity contribution >= 4 is 40.8 Å². The average Bonchev–Trinajstić information content (AvgIpc) is 2.53. The van der Waals surface area contributed by atoms with E-state index in [4.69, 9.17) is 23.2 Å². The van der Waals surface area contributed by atoms with Crippen LogP contribution >= 0.6 is 23.2 Å². The molecule has 4 nitrogen and oxygen atoms in total. The van der Waals surface area contributed by atoms with E-state index in [0.717, 1.165) is 5.56 Å². The largest absolute Gasteiger partial charge is 0.481 e. The predicted molar refractivity (Wildman–Crippen MR) is 110 cm³/mol. The van der Waals surface area contributed by atoms with Crippen molar-refractivity contribution in [1.29, 1.82) is 0 Å². The Hall–Kier alpha value is -2.04. The second-order valence-electron chi connectivity index (χ2n) is 7.54. The van der Waals surface area contributed by atoms with Crippen LogP contribution in [0.5, 0.6) is 0 Å². The minimum atomic E-state index is -0.992. The smallest absolute Gasteiger partial charge is 0.303 e. The Balaban J connectivity index is 2.12. The van der Waals surface area contributed by atoms with Crippen molar-refractivity contribution in [2.75, 3.05) is 5.32 Å².